The Balaban J connectivity index is 1.65. The van der Waals surface area contributed by atoms with E-state index in [2.05, 4.69) is 25.4 Å². The van der Waals surface area contributed by atoms with Crippen molar-refractivity contribution in [3.05, 3.63) is 70.1 Å². The highest BCUT2D eigenvalue weighted by Crippen LogP contribution is 2.34. The van der Waals surface area contributed by atoms with Gasteiger partial charge in [-0.25, -0.2) is 19.6 Å². The Bertz CT molecular complexity index is 1260. The number of halogens is 4. The van der Waals surface area contributed by atoms with Gasteiger partial charge in [0.2, 0.25) is 0 Å². The summed E-state index contributed by atoms with van der Waals surface area (Å²) in [5.41, 5.74) is -0.325. The molecule has 158 valence electrons. The van der Waals surface area contributed by atoms with Crippen molar-refractivity contribution in [3.8, 4) is 16.5 Å². The minimum atomic E-state index is -4.55. The molecule has 0 radical (unpaired) electrons. The van der Waals surface area contributed by atoms with Crippen molar-refractivity contribution in [1.29, 1.82) is 0 Å². The Labute approximate surface area is 182 Å². The molecule has 0 saturated carbocycles. The number of carbonyl (C=O) groups excluding carboxylic acids is 1. The number of hydrogen-bond acceptors (Lipinski definition) is 6. The summed E-state index contributed by atoms with van der Waals surface area (Å²) in [6.07, 6.45) is -1.44. The van der Waals surface area contributed by atoms with Crippen molar-refractivity contribution >= 4 is 34.7 Å². The van der Waals surface area contributed by atoms with Gasteiger partial charge in [0.1, 0.15) is 11.5 Å². The van der Waals surface area contributed by atoms with Crippen molar-refractivity contribution < 1.29 is 18.0 Å². The Morgan fingerprint density at radius 1 is 1.19 bits per heavy atom. The van der Waals surface area contributed by atoms with Gasteiger partial charge in [0, 0.05) is 23.8 Å². The van der Waals surface area contributed by atoms with Gasteiger partial charge in [0.15, 0.2) is 10.8 Å². The standard InChI is InChI=1S/C19H12ClF3N6OS/c1-10-7-15(29(28-10)14-8-11(19(21,22)23)3-4-12(14)20)27-17(30)13-9-31-18(26-13)16-24-5-2-6-25-16/h2-9H,1H3,(H,27,30). The molecule has 7 nitrogen and oxygen atoms in total. The van der Waals surface area contributed by atoms with E-state index in [9.17, 15) is 18.0 Å². The van der Waals surface area contributed by atoms with Crippen molar-refractivity contribution in [2.24, 2.45) is 0 Å². The van der Waals surface area contributed by atoms with Crippen LogP contribution < -0.4 is 5.32 Å². The summed E-state index contributed by atoms with van der Waals surface area (Å²) in [6, 6.07) is 6.06. The lowest BCUT2D eigenvalue weighted by Gasteiger charge is -2.13. The molecule has 0 bridgehead atoms. The summed E-state index contributed by atoms with van der Waals surface area (Å²) < 4.78 is 40.6. The highest BCUT2D eigenvalue weighted by Gasteiger charge is 2.31. The molecule has 4 rings (SSSR count). The van der Waals surface area contributed by atoms with Crippen LogP contribution >= 0.6 is 22.9 Å². The predicted octanol–water partition coefficient (Wildman–Crippen LogP) is 5.02. The van der Waals surface area contributed by atoms with Crippen molar-refractivity contribution in [3.63, 3.8) is 0 Å². The molecule has 1 amide bonds. The fraction of sp³-hybridized carbons (Fsp3) is 0.105. The third-order valence-electron chi connectivity index (χ3n) is 4.07. The van der Waals surface area contributed by atoms with E-state index in [0.29, 0.717) is 16.5 Å². The van der Waals surface area contributed by atoms with E-state index in [4.69, 9.17) is 11.6 Å². The van der Waals surface area contributed by atoms with Crippen LogP contribution in [0.2, 0.25) is 5.02 Å². The third-order valence-corrected chi connectivity index (χ3v) is 5.23. The number of benzene rings is 1. The predicted molar refractivity (Wildman–Crippen MR) is 109 cm³/mol. The lowest BCUT2D eigenvalue weighted by atomic mass is 10.2. The summed E-state index contributed by atoms with van der Waals surface area (Å²) in [5, 5.41) is 8.83. The second kappa shape index (κ2) is 8.08. The lowest BCUT2D eigenvalue weighted by Crippen LogP contribution is -2.16. The number of amides is 1. The molecule has 1 N–H and O–H groups in total. The number of rotatable bonds is 4. The Kier molecular flexibility index (Phi) is 5.46. The summed E-state index contributed by atoms with van der Waals surface area (Å²) in [6.45, 7) is 1.64. The molecule has 0 unspecified atom stereocenters. The maximum absolute atomic E-state index is 13.1. The van der Waals surface area contributed by atoms with Gasteiger partial charge < -0.3 is 5.32 Å². The van der Waals surface area contributed by atoms with E-state index in [1.165, 1.54) is 22.8 Å². The van der Waals surface area contributed by atoms with Gasteiger partial charge in [-0.05, 0) is 31.2 Å². The number of nitrogens with one attached hydrogen (secondary N) is 1. The molecule has 1 aromatic carbocycles. The molecule has 0 aliphatic carbocycles. The zero-order valence-corrected chi connectivity index (χ0v) is 17.3. The molecular formula is C19H12ClF3N6OS. The molecule has 4 aromatic rings. The summed E-state index contributed by atoms with van der Waals surface area (Å²) in [7, 11) is 0. The van der Waals surface area contributed by atoms with E-state index in [0.717, 1.165) is 22.9 Å². The molecule has 0 aliphatic rings. The van der Waals surface area contributed by atoms with Crippen molar-refractivity contribution in [2.45, 2.75) is 13.1 Å². The van der Waals surface area contributed by atoms with E-state index in [1.54, 1.807) is 25.4 Å². The molecular weight excluding hydrogens is 453 g/mol. The van der Waals surface area contributed by atoms with Crippen LogP contribution in [-0.4, -0.2) is 30.6 Å². The number of nitrogens with zero attached hydrogens (tertiary/aromatic N) is 5. The summed E-state index contributed by atoms with van der Waals surface area (Å²) in [4.78, 5) is 25.1. The van der Waals surface area contributed by atoms with Crippen LogP contribution in [0.15, 0.2) is 48.1 Å². The highest BCUT2D eigenvalue weighted by atomic mass is 35.5. The fourth-order valence-corrected chi connectivity index (χ4v) is 3.64. The third kappa shape index (κ3) is 4.42. The van der Waals surface area contributed by atoms with Crippen LogP contribution in [-0.2, 0) is 6.18 Å². The lowest BCUT2D eigenvalue weighted by molar-refractivity contribution is -0.137. The molecule has 0 spiro atoms. The molecule has 0 fully saturated rings. The van der Waals surface area contributed by atoms with Crippen LogP contribution in [0.1, 0.15) is 21.7 Å². The van der Waals surface area contributed by atoms with Crippen LogP contribution in [0.3, 0.4) is 0 Å². The van der Waals surface area contributed by atoms with E-state index >= 15 is 0 Å². The largest absolute Gasteiger partial charge is 0.416 e. The van der Waals surface area contributed by atoms with E-state index in [-0.39, 0.29) is 22.2 Å². The number of thiazole rings is 1. The SMILES string of the molecule is Cc1cc(NC(=O)c2csc(-c3ncccn3)n2)n(-c2cc(C(F)(F)F)ccc2Cl)n1. The summed E-state index contributed by atoms with van der Waals surface area (Å²) in [5.74, 6) is -0.0416. The monoisotopic (exact) mass is 464 g/mol. The summed E-state index contributed by atoms with van der Waals surface area (Å²) >= 11 is 7.31. The highest BCUT2D eigenvalue weighted by molar-refractivity contribution is 7.13. The average Bonchev–Trinajstić information content (AvgIpc) is 3.35. The topological polar surface area (TPSA) is 85.6 Å². The minimum Gasteiger partial charge on any atom is -0.305 e. The van der Waals surface area contributed by atoms with Gasteiger partial charge in [-0.3, -0.25) is 4.79 Å². The van der Waals surface area contributed by atoms with Gasteiger partial charge in [0.05, 0.1) is 22.0 Å². The smallest absolute Gasteiger partial charge is 0.305 e. The second-order valence-electron chi connectivity index (χ2n) is 6.31. The first-order valence-corrected chi connectivity index (χ1v) is 9.96. The van der Waals surface area contributed by atoms with Gasteiger partial charge in [-0.1, -0.05) is 11.6 Å². The van der Waals surface area contributed by atoms with Crippen LogP contribution in [0, 0.1) is 6.92 Å². The molecule has 12 heteroatoms. The quantitative estimate of drug-likeness (QED) is 0.458. The fourth-order valence-electron chi connectivity index (χ4n) is 2.69. The minimum absolute atomic E-state index is 0.0171. The number of anilines is 1. The van der Waals surface area contributed by atoms with E-state index < -0.39 is 17.6 Å². The first-order chi connectivity index (χ1) is 14.7. The Hall–Kier alpha value is -3.31. The van der Waals surface area contributed by atoms with Gasteiger partial charge in [0.25, 0.3) is 5.91 Å². The second-order valence-corrected chi connectivity index (χ2v) is 7.58. The Morgan fingerprint density at radius 2 is 1.94 bits per heavy atom. The van der Waals surface area contributed by atoms with Gasteiger partial charge in [-0.15, -0.1) is 11.3 Å². The van der Waals surface area contributed by atoms with Crippen LogP contribution in [0.5, 0.6) is 0 Å². The molecule has 3 aromatic heterocycles. The van der Waals surface area contributed by atoms with Gasteiger partial charge >= 0.3 is 6.18 Å². The van der Waals surface area contributed by atoms with E-state index in [1.807, 2.05) is 0 Å². The average molecular weight is 465 g/mol. The number of carbonyl (C=O) groups is 1. The number of alkyl halides is 3. The maximum atomic E-state index is 13.1. The molecule has 0 saturated heterocycles. The first-order valence-electron chi connectivity index (χ1n) is 8.70. The zero-order chi connectivity index (χ0) is 22.2. The van der Waals surface area contributed by atoms with Crippen LogP contribution in [0.4, 0.5) is 19.0 Å². The van der Waals surface area contributed by atoms with Crippen molar-refractivity contribution in [2.75, 3.05) is 5.32 Å². The molecule has 0 atom stereocenters. The van der Waals surface area contributed by atoms with Crippen molar-refractivity contribution in [1.82, 2.24) is 24.7 Å². The van der Waals surface area contributed by atoms with Gasteiger partial charge in [-0.2, -0.15) is 18.3 Å². The molecule has 0 aliphatic heterocycles. The number of aromatic nitrogens is 5. The number of aryl methyl sites for hydroxylation is 1. The molecule has 3 heterocycles. The molecule has 31 heavy (non-hydrogen) atoms. The van der Waals surface area contributed by atoms with Crippen LogP contribution in [0.25, 0.3) is 16.5 Å². The zero-order valence-electron chi connectivity index (χ0n) is 15.7. The first kappa shape index (κ1) is 20.9. The maximum Gasteiger partial charge on any atom is 0.416 e. The number of hydrogen-bond donors (Lipinski definition) is 1. The Morgan fingerprint density at radius 3 is 2.65 bits per heavy atom. The normalized spacial score (nSPS) is 11.5.